The summed E-state index contributed by atoms with van der Waals surface area (Å²) in [7, 11) is 0. The van der Waals surface area contributed by atoms with E-state index < -0.39 is 27.9 Å². The van der Waals surface area contributed by atoms with Crippen molar-refractivity contribution in [2.24, 2.45) is 0 Å². The van der Waals surface area contributed by atoms with E-state index in [1.54, 1.807) is 0 Å². The first-order valence-corrected chi connectivity index (χ1v) is 6.70. The highest BCUT2D eigenvalue weighted by Gasteiger charge is 2.21. The molecule has 0 amide bonds. The van der Waals surface area contributed by atoms with Gasteiger partial charge in [-0.2, -0.15) is 4.39 Å². The standard InChI is InChI=1S/C16H9F2NO5/c1-7-12(8-2-4-9(5-3-8)19(22)23)16(21)24-11-6-10(20)14(17)15(18)13(7)11/h2-6,20H,1H3. The summed E-state index contributed by atoms with van der Waals surface area (Å²) in [5, 5.41) is 19.7. The number of phenols is 1. The lowest BCUT2D eigenvalue weighted by Crippen LogP contribution is -2.07. The van der Waals surface area contributed by atoms with Crippen LogP contribution in [0.3, 0.4) is 0 Å². The molecule has 0 radical (unpaired) electrons. The summed E-state index contributed by atoms with van der Waals surface area (Å²) in [6, 6.07) is 5.83. The third-order valence-corrected chi connectivity index (χ3v) is 3.67. The fraction of sp³-hybridized carbons (Fsp3) is 0.0625. The van der Waals surface area contributed by atoms with Crippen molar-refractivity contribution in [2.75, 3.05) is 0 Å². The Morgan fingerprint density at radius 3 is 2.38 bits per heavy atom. The van der Waals surface area contributed by atoms with Gasteiger partial charge >= 0.3 is 5.63 Å². The summed E-state index contributed by atoms with van der Waals surface area (Å²) in [5.41, 5.74) is -0.975. The van der Waals surface area contributed by atoms with Gasteiger partial charge in [0.2, 0.25) is 5.82 Å². The molecule has 0 atom stereocenters. The van der Waals surface area contributed by atoms with Crippen molar-refractivity contribution in [1.82, 2.24) is 0 Å². The van der Waals surface area contributed by atoms with Crippen molar-refractivity contribution in [3.8, 4) is 16.9 Å². The molecule has 1 aromatic heterocycles. The molecule has 0 bridgehead atoms. The van der Waals surface area contributed by atoms with Gasteiger partial charge in [0.25, 0.3) is 5.69 Å². The SMILES string of the molecule is Cc1c(-c2ccc([N+](=O)[O-])cc2)c(=O)oc2cc(O)c(F)c(F)c12. The van der Waals surface area contributed by atoms with Crippen LogP contribution in [0, 0.1) is 28.7 Å². The Kier molecular flexibility index (Phi) is 3.52. The number of phenolic OH excluding ortho intramolecular Hbond substituents is 1. The Bertz CT molecular complexity index is 1040. The van der Waals surface area contributed by atoms with Crippen molar-refractivity contribution in [3.05, 3.63) is 68.1 Å². The highest BCUT2D eigenvalue weighted by Crippen LogP contribution is 2.33. The zero-order chi connectivity index (χ0) is 17.6. The maximum Gasteiger partial charge on any atom is 0.344 e. The molecule has 0 saturated carbocycles. The topological polar surface area (TPSA) is 93.6 Å². The van der Waals surface area contributed by atoms with Crippen LogP contribution in [-0.2, 0) is 0 Å². The lowest BCUT2D eigenvalue weighted by molar-refractivity contribution is -0.384. The van der Waals surface area contributed by atoms with Gasteiger partial charge in [-0.15, -0.1) is 0 Å². The van der Waals surface area contributed by atoms with E-state index in [9.17, 15) is 28.8 Å². The number of nitro benzene ring substituents is 1. The Labute approximate surface area is 132 Å². The van der Waals surface area contributed by atoms with Crippen LogP contribution in [0.5, 0.6) is 5.75 Å². The van der Waals surface area contributed by atoms with Gasteiger partial charge in [-0.1, -0.05) is 0 Å². The van der Waals surface area contributed by atoms with Crippen molar-refractivity contribution >= 4 is 16.7 Å². The van der Waals surface area contributed by atoms with E-state index in [-0.39, 0.29) is 33.3 Å². The minimum atomic E-state index is -1.45. The molecule has 0 aliphatic rings. The summed E-state index contributed by atoms with van der Waals surface area (Å²) < 4.78 is 32.7. The van der Waals surface area contributed by atoms with E-state index in [1.807, 2.05) is 0 Å². The number of fused-ring (bicyclic) bond motifs is 1. The highest BCUT2D eigenvalue weighted by atomic mass is 19.2. The van der Waals surface area contributed by atoms with Gasteiger partial charge in [0.15, 0.2) is 11.6 Å². The molecule has 3 aromatic rings. The molecule has 1 N–H and O–H groups in total. The molecule has 3 rings (SSSR count). The van der Waals surface area contributed by atoms with Crippen LogP contribution in [-0.4, -0.2) is 10.0 Å². The minimum Gasteiger partial charge on any atom is -0.505 e. The van der Waals surface area contributed by atoms with Gasteiger partial charge < -0.3 is 9.52 Å². The fourth-order valence-corrected chi connectivity index (χ4v) is 2.53. The van der Waals surface area contributed by atoms with Gasteiger partial charge in [-0.25, -0.2) is 9.18 Å². The number of nitrogens with zero attached hydrogens (tertiary/aromatic N) is 1. The van der Waals surface area contributed by atoms with Gasteiger partial charge in [0.1, 0.15) is 5.58 Å². The largest absolute Gasteiger partial charge is 0.505 e. The second-order valence-electron chi connectivity index (χ2n) is 5.09. The maximum absolute atomic E-state index is 14.1. The first-order valence-electron chi connectivity index (χ1n) is 6.70. The van der Waals surface area contributed by atoms with Crippen molar-refractivity contribution in [3.63, 3.8) is 0 Å². The molecule has 0 saturated heterocycles. The first-order chi connectivity index (χ1) is 11.3. The molecule has 0 unspecified atom stereocenters. The third kappa shape index (κ3) is 2.28. The number of rotatable bonds is 2. The lowest BCUT2D eigenvalue weighted by Gasteiger charge is -2.09. The number of aryl methyl sites for hydroxylation is 1. The molecule has 8 heteroatoms. The number of non-ortho nitro benzene ring substituents is 1. The number of halogens is 2. The predicted molar refractivity (Wildman–Crippen MR) is 80.9 cm³/mol. The van der Waals surface area contributed by atoms with Gasteiger partial charge in [-0.05, 0) is 30.2 Å². The smallest absolute Gasteiger partial charge is 0.344 e. The summed E-state index contributed by atoms with van der Waals surface area (Å²) in [5.74, 6) is -3.76. The van der Waals surface area contributed by atoms with Crippen LogP contribution >= 0.6 is 0 Å². The van der Waals surface area contributed by atoms with Gasteiger partial charge in [0.05, 0.1) is 15.9 Å². The van der Waals surface area contributed by atoms with E-state index in [4.69, 9.17) is 4.42 Å². The highest BCUT2D eigenvalue weighted by molar-refractivity contribution is 5.88. The number of hydrogen-bond donors (Lipinski definition) is 1. The van der Waals surface area contributed by atoms with Crippen LogP contribution < -0.4 is 5.63 Å². The summed E-state index contributed by atoms with van der Waals surface area (Å²) >= 11 is 0. The Balaban J connectivity index is 2.33. The average molecular weight is 333 g/mol. The van der Waals surface area contributed by atoms with Crippen molar-refractivity contribution in [1.29, 1.82) is 0 Å². The molecule has 0 spiro atoms. The maximum atomic E-state index is 14.1. The summed E-state index contributed by atoms with van der Waals surface area (Å²) in [6.07, 6.45) is 0. The Hall–Kier alpha value is -3.29. The van der Waals surface area contributed by atoms with Gasteiger partial charge in [0, 0.05) is 18.2 Å². The molecule has 0 aliphatic carbocycles. The zero-order valence-corrected chi connectivity index (χ0v) is 12.2. The van der Waals surface area contributed by atoms with Crippen LogP contribution in [0.15, 0.2) is 39.5 Å². The van der Waals surface area contributed by atoms with E-state index >= 15 is 0 Å². The molecule has 1 heterocycles. The average Bonchev–Trinajstić information content (AvgIpc) is 2.52. The van der Waals surface area contributed by atoms with Crippen molar-refractivity contribution in [2.45, 2.75) is 6.92 Å². The van der Waals surface area contributed by atoms with Crippen LogP contribution in [0.1, 0.15) is 5.56 Å². The van der Waals surface area contributed by atoms with E-state index in [1.165, 1.54) is 31.2 Å². The second-order valence-corrected chi connectivity index (χ2v) is 5.09. The number of aromatic hydroxyl groups is 1. The first kappa shape index (κ1) is 15.6. The molecular formula is C16H9F2NO5. The van der Waals surface area contributed by atoms with E-state index in [2.05, 4.69) is 0 Å². The molecule has 0 fully saturated rings. The van der Waals surface area contributed by atoms with Crippen LogP contribution in [0.25, 0.3) is 22.1 Å². The summed E-state index contributed by atoms with van der Waals surface area (Å²) in [4.78, 5) is 22.3. The summed E-state index contributed by atoms with van der Waals surface area (Å²) in [6.45, 7) is 1.40. The third-order valence-electron chi connectivity index (χ3n) is 3.67. The zero-order valence-electron chi connectivity index (χ0n) is 12.2. The molecule has 0 aliphatic heterocycles. The number of nitro groups is 1. The lowest BCUT2D eigenvalue weighted by atomic mass is 9.99. The van der Waals surface area contributed by atoms with E-state index in [0.29, 0.717) is 0 Å². The normalized spacial score (nSPS) is 11.0. The Morgan fingerprint density at radius 1 is 1.17 bits per heavy atom. The van der Waals surface area contributed by atoms with E-state index in [0.717, 1.165) is 6.07 Å². The molecule has 122 valence electrons. The molecular weight excluding hydrogens is 324 g/mol. The van der Waals surface area contributed by atoms with Gasteiger partial charge in [-0.3, -0.25) is 10.1 Å². The molecule has 24 heavy (non-hydrogen) atoms. The van der Waals surface area contributed by atoms with Crippen LogP contribution in [0.4, 0.5) is 14.5 Å². The minimum absolute atomic E-state index is 0.0404. The van der Waals surface area contributed by atoms with Crippen molar-refractivity contribution < 1.29 is 23.2 Å². The monoisotopic (exact) mass is 333 g/mol. The Morgan fingerprint density at radius 2 is 1.79 bits per heavy atom. The molecule has 6 nitrogen and oxygen atoms in total. The fourth-order valence-electron chi connectivity index (χ4n) is 2.53. The second kappa shape index (κ2) is 5.41. The molecule has 2 aromatic carbocycles. The quantitative estimate of drug-likeness (QED) is 0.439. The predicted octanol–water partition coefficient (Wildman–Crippen LogP) is 3.66. The number of benzene rings is 2. The van der Waals surface area contributed by atoms with Crippen LogP contribution in [0.2, 0.25) is 0 Å². The number of hydrogen-bond acceptors (Lipinski definition) is 5.